The fourth-order valence-electron chi connectivity index (χ4n) is 1.21. The average Bonchev–Trinajstić information content (AvgIpc) is 2.29. The molecule has 0 saturated heterocycles. The van der Waals surface area contributed by atoms with Gasteiger partial charge in [0.05, 0.1) is 5.56 Å². The number of H-pyrrole nitrogens is 1. The number of carbonyl (C=O) groups excluding carboxylic acids is 1. The molecular weight excluding hydrogens is 210 g/mol. The van der Waals surface area contributed by atoms with E-state index < -0.39 is 17.2 Å². The van der Waals surface area contributed by atoms with E-state index in [-0.39, 0.29) is 5.56 Å². The molecule has 0 aliphatic carbocycles. The molecule has 80 valence electrons. The second-order valence-electron chi connectivity index (χ2n) is 3.03. The first-order chi connectivity index (χ1) is 7.68. The maximum Gasteiger partial charge on any atom is 0.335 e. The van der Waals surface area contributed by atoms with Gasteiger partial charge >= 0.3 is 5.69 Å². The first kappa shape index (κ1) is 10.0. The highest BCUT2D eigenvalue weighted by molar-refractivity contribution is 5.95. The van der Waals surface area contributed by atoms with Crippen LogP contribution in [0.3, 0.4) is 0 Å². The van der Waals surface area contributed by atoms with Crippen molar-refractivity contribution < 1.29 is 4.79 Å². The third kappa shape index (κ3) is 1.81. The summed E-state index contributed by atoms with van der Waals surface area (Å²) in [5.74, 6) is -0.533. The van der Waals surface area contributed by atoms with Gasteiger partial charge in [-0.05, 0) is 12.1 Å². The van der Waals surface area contributed by atoms with Crippen LogP contribution < -0.4 is 11.2 Å². The largest absolute Gasteiger partial charge is 0.335 e. The van der Waals surface area contributed by atoms with E-state index in [0.29, 0.717) is 0 Å². The van der Waals surface area contributed by atoms with Gasteiger partial charge in [0.1, 0.15) is 0 Å². The van der Waals surface area contributed by atoms with Gasteiger partial charge in [-0.1, -0.05) is 0 Å². The Morgan fingerprint density at radius 1 is 1.31 bits per heavy atom. The number of pyridine rings is 1. The SMILES string of the molecule is O=C(c1cccnc1)n1ccc(=O)[nH]c1=O. The molecule has 0 atom stereocenters. The lowest BCUT2D eigenvalue weighted by molar-refractivity contribution is 0.0953. The average molecular weight is 217 g/mol. The molecule has 0 aromatic carbocycles. The third-order valence-electron chi connectivity index (χ3n) is 1.95. The highest BCUT2D eigenvalue weighted by Crippen LogP contribution is 1.97. The predicted molar refractivity (Wildman–Crippen MR) is 55.3 cm³/mol. The summed E-state index contributed by atoms with van der Waals surface area (Å²) in [5.41, 5.74) is -1.03. The van der Waals surface area contributed by atoms with Crippen molar-refractivity contribution in [2.45, 2.75) is 0 Å². The van der Waals surface area contributed by atoms with Crippen LogP contribution >= 0.6 is 0 Å². The van der Waals surface area contributed by atoms with Crippen LogP contribution in [0.5, 0.6) is 0 Å². The molecule has 0 fully saturated rings. The molecule has 0 unspecified atom stereocenters. The van der Waals surface area contributed by atoms with Crippen molar-refractivity contribution in [2.24, 2.45) is 0 Å². The molecule has 0 radical (unpaired) electrons. The first-order valence-electron chi connectivity index (χ1n) is 4.45. The zero-order valence-electron chi connectivity index (χ0n) is 8.08. The molecule has 0 aliphatic rings. The van der Waals surface area contributed by atoms with Crippen molar-refractivity contribution in [2.75, 3.05) is 0 Å². The van der Waals surface area contributed by atoms with Crippen molar-refractivity contribution in [3.63, 3.8) is 0 Å². The quantitative estimate of drug-likeness (QED) is 0.705. The Kier molecular flexibility index (Phi) is 2.47. The monoisotopic (exact) mass is 217 g/mol. The van der Waals surface area contributed by atoms with Crippen LogP contribution in [0.4, 0.5) is 0 Å². The minimum Gasteiger partial charge on any atom is -0.274 e. The summed E-state index contributed by atoms with van der Waals surface area (Å²) in [7, 11) is 0. The number of carbonyl (C=O) groups is 1. The number of nitrogens with one attached hydrogen (secondary N) is 1. The topological polar surface area (TPSA) is 84.8 Å². The summed E-state index contributed by atoms with van der Waals surface area (Å²) in [6, 6.07) is 4.23. The summed E-state index contributed by atoms with van der Waals surface area (Å²) in [6.07, 6.45) is 4.00. The standard InChI is InChI=1S/C10H7N3O3/c14-8-3-5-13(10(16)12-8)9(15)7-2-1-4-11-6-7/h1-6H,(H,12,14,16). The van der Waals surface area contributed by atoms with Crippen LogP contribution in [-0.4, -0.2) is 20.4 Å². The molecule has 2 rings (SSSR count). The van der Waals surface area contributed by atoms with Crippen molar-refractivity contribution in [3.8, 4) is 0 Å². The van der Waals surface area contributed by atoms with Crippen molar-refractivity contribution in [1.82, 2.24) is 14.5 Å². The van der Waals surface area contributed by atoms with Crippen molar-refractivity contribution in [3.05, 3.63) is 63.2 Å². The Morgan fingerprint density at radius 3 is 2.75 bits per heavy atom. The lowest BCUT2D eigenvalue weighted by Gasteiger charge is -2.01. The first-order valence-corrected chi connectivity index (χ1v) is 4.45. The molecule has 0 bridgehead atoms. The minimum atomic E-state index is -0.763. The maximum absolute atomic E-state index is 11.8. The van der Waals surface area contributed by atoms with Gasteiger partial charge in [0.15, 0.2) is 0 Å². The number of hydrogen-bond acceptors (Lipinski definition) is 4. The highest BCUT2D eigenvalue weighted by Gasteiger charge is 2.09. The molecule has 6 nitrogen and oxygen atoms in total. The number of nitrogens with zero attached hydrogens (tertiary/aromatic N) is 2. The number of aromatic nitrogens is 3. The highest BCUT2D eigenvalue weighted by atomic mass is 16.2. The Balaban J connectivity index is 2.51. The number of rotatable bonds is 1. The zero-order valence-corrected chi connectivity index (χ0v) is 8.08. The second-order valence-corrected chi connectivity index (χ2v) is 3.03. The maximum atomic E-state index is 11.8. The lowest BCUT2D eigenvalue weighted by atomic mass is 10.3. The lowest BCUT2D eigenvalue weighted by Crippen LogP contribution is -2.33. The summed E-state index contributed by atoms with van der Waals surface area (Å²) < 4.78 is 0.818. The van der Waals surface area contributed by atoms with E-state index >= 15 is 0 Å². The summed E-state index contributed by atoms with van der Waals surface area (Å²) in [5, 5.41) is 0. The van der Waals surface area contributed by atoms with Gasteiger partial charge in [0.25, 0.3) is 11.5 Å². The fourth-order valence-corrected chi connectivity index (χ4v) is 1.21. The van der Waals surface area contributed by atoms with Gasteiger partial charge in [0, 0.05) is 24.7 Å². The van der Waals surface area contributed by atoms with E-state index in [9.17, 15) is 14.4 Å². The van der Waals surface area contributed by atoms with E-state index in [1.807, 2.05) is 4.98 Å². The molecule has 0 spiro atoms. The smallest absolute Gasteiger partial charge is 0.274 e. The Hall–Kier alpha value is -2.50. The molecule has 1 N–H and O–H groups in total. The molecule has 16 heavy (non-hydrogen) atoms. The predicted octanol–water partition coefficient (Wildman–Crippen LogP) is -0.380. The normalized spacial score (nSPS) is 10.0. The third-order valence-corrected chi connectivity index (χ3v) is 1.95. The van der Waals surface area contributed by atoms with E-state index in [0.717, 1.165) is 16.8 Å². The van der Waals surface area contributed by atoms with Crippen LogP contribution in [-0.2, 0) is 0 Å². The van der Waals surface area contributed by atoms with Gasteiger partial charge in [-0.2, -0.15) is 0 Å². The van der Waals surface area contributed by atoms with E-state index in [1.165, 1.54) is 18.5 Å². The Morgan fingerprint density at radius 2 is 2.12 bits per heavy atom. The molecule has 2 heterocycles. The van der Waals surface area contributed by atoms with Gasteiger partial charge in [-0.3, -0.25) is 19.6 Å². The molecular formula is C10H7N3O3. The van der Waals surface area contributed by atoms with E-state index in [2.05, 4.69) is 4.98 Å². The van der Waals surface area contributed by atoms with Gasteiger partial charge in [-0.25, -0.2) is 9.36 Å². The van der Waals surface area contributed by atoms with E-state index in [1.54, 1.807) is 6.07 Å². The summed E-state index contributed by atoms with van der Waals surface area (Å²) in [6.45, 7) is 0. The summed E-state index contributed by atoms with van der Waals surface area (Å²) in [4.78, 5) is 39.7. The molecule has 2 aromatic heterocycles. The molecule has 0 aliphatic heterocycles. The number of hydrogen-bond donors (Lipinski definition) is 1. The summed E-state index contributed by atoms with van der Waals surface area (Å²) >= 11 is 0. The van der Waals surface area contributed by atoms with E-state index in [4.69, 9.17) is 0 Å². The zero-order chi connectivity index (χ0) is 11.5. The Labute approximate surface area is 89.2 Å². The van der Waals surface area contributed by atoms with Crippen LogP contribution in [0.2, 0.25) is 0 Å². The van der Waals surface area contributed by atoms with Crippen molar-refractivity contribution in [1.29, 1.82) is 0 Å². The van der Waals surface area contributed by atoms with Crippen LogP contribution in [0.15, 0.2) is 46.4 Å². The van der Waals surface area contributed by atoms with Crippen LogP contribution in [0.1, 0.15) is 10.4 Å². The molecule has 0 saturated carbocycles. The second kappa shape index (κ2) is 3.93. The molecule has 6 heteroatoms. The molecule has 0 amide bonds. The van der Waals surface area contributed by atoms with Crippen LogP contribution in [0.25, 0.3) is 0 Å². The minimum absolute atomic E-state index is 0.275. The van der Waals surface area contributed by atoms with Crippen LogP contribution in [0, 0.1) is 0 Å². The van der Waals surface area contributed by atoms with Crippen molar-refractivity contribution >= 4 is 5.91 Å². The number of aromatic amines is 1. The van der Waals surface area contributed by atoms with Gasteiger partial charge in [0.2, 0.25) is 0 Å². The fraction of sp³-hybridized carbons (Fsp3) is 0. The Bertz CT molecular complexity index is 628. The van der Waals surface area contributed by atoms with Gasteiger partial charge in [-0.15, -0.1) is 0 Å². The van der Waals surface area contributed by atoms with Gasteiger partial charge < -0.3 is 0 Å². The molecule has 2 aromatic rings.